The molecule has 0 bridgehead atoms. The standard InChI is InChI=1S/C27H32O4/c1-5-7-16-29-24-18-22(27(28)31-23-15-10-9-12-19(23)3)26(30-17-8-6-2)21-14-11-13-20(4)25(21)24/h9-15,18H,5-8,16-17H2,1-4H3. The second kappa shape index (κ2) is 10.9. The minimum Gasteiger partial charge on any atom is -0.493 e. The Morgan fingerprint density at radius 3 is 2.19 bits per heavy atom. The molecule has 31 heavy (non-hydrogen) atoms. The zero-order valence-electron chi connectivity index (χ0n) is 19.0. The average Bonchev–Trinajstić information content (AvgIpc) is 2.76. The van der Waals surface area contributed by atoms with Gasteiger partial charge in [-0.1, -0.05) is 63.1 Å². The van der Waals surface area contributed by atoms with Gasteiger partial charge in [-0.3, -0.25) is 0 Å². The lowest BCUT2D eigenvalue weighted by molar-refractivity contribution is 0.0728. The summed E-state index contributed by atoms with van der Waals surface area (Å²) in [6.07, 6.45) is 3.91. The van der Waals surface area contributed by atoms with Crippen LogP contribution >= 0.6 is 0 Å². The van der Waals surface area contributed by atoms with E-state index in [1.165, 1.54) is 0 Å². The lowest BCUT2D eigenvalue weighted by Crippen LogP contribution is -2.13. The highest BCUT2D eigenvalue weighted by Gasteiger charge is 2.23. The number of rotatable bonds is 10. The molecule has 0 saturated carbocycles. The molecular weight excluding hydrogens is 388 g/mol. The summed E-state index contributed by atoms with van der Waals surface area (Å²) in [5.41, 5.74) is 2.38. The van der Waals surface area contributed by atoms with Gasteiger partial charge in [-0.05, 0) is 49.9 Å². The average molecular weight is 421 g/mol. The molecule has 164 valence electrons. The molecule has 0 fully saturated rings. The first-order valence-corrected chi connectivity index (χ1v) is 11.2. The van der Waals surface area contributed by atoms with Crippen molar-refractivity contribution in [1.82, 2.24) is 0 Å². The SMILES string of the molecule is CCCCOc1c(C(=O)Oc2ccccc2C)cc(OCCCC)c2c(C)cccc12. The Balaban J connectivity index is 2.10. The van der Waals surface area contributed by atoms with Crippen molar-refractivity contribution in [2.24, 2.45) is 0 Å². The van der Waals surface area contributed by atoms with Gasteiger partial charge >= 0.3 is 5.97 Å². The van der Waals surface area contributed by atoms with Crippen LogP contribution in [0.3, 0.4) is 0 Å². The number of unbranched alkanes of at least 4 members (excludes halogenated alkanes) is 2. The van der Waals surface area contributed by atoms with Crippen LogP contribution in [0.1, 0.15) is 61.0 Å². The van der Waals surface area contributed by atoms with E-state index in [9.17, 15) is 4.79 Å². The molecule has 0 unspecified atom stereocenters. The fourth-order valence-electron chi connectivity index (χ4n) is 3.49. The van der Waals surface area contributed by atoms with Gasteiger partial charge in [0.05, 0.1) is 13.2 Å². The Bertz CT molecular complexity index is 1040. The number of esters is 1. The summed E-state index contributed by atoms with van der Waals surface area (Å²) in [6, 6.07) is 15.3. The second-order valence-electron chi connectivity index (χ2n) is 7.81. The number of carbonyl (C=O) groups is 1. The summed E-state index contributed by atoms with van der Waals surface area (Å²) >= 11 is 0. The van der Waals surface area contributed by atoms with Gasteiger partial charge in [-0.2, -0.15) is 0 Å². The van der Waals surface area contributed by atoms with Gasteiger partial charge in [0.1, 0.15) is 22.8 Å². The van der Waals surface area contributed by atoms with E-state index in [4.69, 9.17) is 14.2 Å². The van der Waals surface area contributed by atoms with E-state index in [-0.39, 0.29) is 0 Å². The molecule has 0 aliphatic rings. The molecular formula is C27H32O4. The number of carbonyl (C=O) groups excluding carboxylic acids is 1. The summed E-state index contributed by atoms with van der Waals surface area (Å²) in [7, 11) is 0. The molecule has 0 radical (unpaired) electrons. The largest absolute Gasteiger partial charge is 0.493 e. The van der Waals surface area contributed by atoms with Crippen LogP contribution in [-0.4, -0.2) is 19.2 Å². The number of hydrogen-bond acceptors (Lipinski definition) is 4. The topological polar surface area (TPSA) is 44.8 Å². The van der Waals surface area contributed by atoms with Crippen molar-refractivity contribution >= 4 is 16.7 Å². The van der Waals surface area contributed by atoms with Gasteiger partial charge in [0.25, 0.3) is 0 Å². The monoisotopic (exact) mass is 420 g/mol. The summed E-state index contributed by atoms with van der Waals surface area (Å²) in [6.45, 7) is 9.36. The van der Waals surface area contributed by atoms with Gasteiger partial charge in [0.15, 0.2) is 0 Å². The van der Waals surface area contributed by atoms with Crippen LogP contribution in [0.15, 0.2) is 48.5 Å². The number of ether oxygens (including phenoxy) is 3. The minimum absolute atomic E-state index is 0.393. The van der Waals surface area contributed by atoms with Crippen molar-refractivity contribution in [3.8, 4) is 17.2 Å². The predicted octanol–water partition coefficient (Wildman–Crippen LogP) is 7.03. The molecule has 0 amide bonds. The van der Waals surface area contributed by atoms with E-state index in [1.807, 2.05) is 37.3 Å². The third kappa shape index (κ3) is 5.38. The molecule has 0 saturated heterocycles. The smallest absolute Gasteiger partial charge is 0.347 e. The molecule has 0 N–H and O–H groups in total. The first kappa shape index (κ1) is 22.7. The second-order valence-corrected chi connectivity index (χ2v) is 7.81. The van der Waals surface area contributed by atoms with Crippen LogP contribution in [0.4, 0.5) is 0 Å². The van der Waals surface area contributed by atoms with Gasteiger partial charge in [0, 0.05) is 10.8 Å². The van der Waals surface area contributed by atoms with E-state index in [0.717, 1.165) is 47.6 Å². The molecule has 0 aromatic heterocycles. The van der Waals surface area contributed by atoms with Gasteiger partial charge in [0.2, 0.25) is 0 Å². The van der Waals surface area contributed by atoms with Crippen LogP contribution in [-0.2, 0) is 0 Å². The van der Waals surface area contributed by atoms with E-state index < -0.39 is 5.97 Å². The Morgan fingerprint density at radius 1 is 0.806 bits per heavy atom. The van der Waals surface area contributed by atoms with Crippen LogP contribution in [0.5, 0.6) is 17.2 Å². The molecule has 0 atom stereocenters. The van der Waals surface area contributed by atoms with Crippen LogP contribution < -0.4 is 14.2 Å². The Morgan fingerprint density at radius 2 is 1.48 bits per heavy atom. The fourth-order valence-corrected chi connectivity index (χ4v) is 3.49. The lowest BCUT2D eigenvalue weighted by Gasteiger charge is -2.18. The van der Waals surface area contributed by atoms with E-state index in [2.05, 4.69) is 26.8 Å². The zero-order chi connectivity index (χ0) is 22.2. The molecule has 4 heteroatoms. The highest BCUT2D eigenvalue weighted by Crippen LogP contribution is 2.39. The van der Waals surface area contributed by atoms with E-state index >= 15 is 0 Å². The van der Waals surface area contributed by atoms with Crippen molar-refractivity contribution in [2.75, 3.05) is 13.2 Å². The Kier molecular flexibility index (Phi) is 7.94. The molecule has 3 aromatic rings. The summed E-state index contributed by atoms with van der Waals surface area (Å²) in [5.74, 6) is 1.36. The van der Waals surface area contributed by atoms with Crippen molar-refractivity contribution in [3.05, 3.63) is 65.2 Å². The summed E-state index contributed by atoms with van der Waals surface area (Å²) in [4.78, 5) is 13.3. The third-order valence-electron chi connectivity index (χ3n) is 5.30. The normalized spacial score (nSPS) is 10.8. The maximum atomic E-state index is 13.3. The van der Waals surface area contributed by atoms with Gasteiger partial charge < -0.3 is 14.2 Å². The quantitative estimate of drug-likeness (QED) is 0.201. The fraction of sp³-hybridized carbons (Fsp3) is 0.370. The van der Waals surface area contributed by atoms with Crippen molar-refractivity contribution in [3.63, 3.8) is 0 Å². The van der Waals surface area contributed by atoms with Crippen LogP contribution in [0.25, 0.3) is 10.8 Å². The Hall–Kier alpha value is -3.01. The number of para-hydroxylation sites is 1. The lowest BCUT2D eigenvalue weighted by atomic mass is 10.00. The predicted molar refractivity (Wildman–Crippen MR) is 126 cm³/mol. The highest BCUT2D eigenvalue weighted by atomic mass is 16.5. The molecule has 0 aliphatic carbocycles. The maximum absolute atomic E-state index is 13.3. The van der Waals surface area contributed by atoms with Crippen LogP contribution in [0.2, 0.25) is 0 Å². The van der Waals surface area contributed by atoms with Crippen molar-refractivity contribution in [2.45, 2.75) is 53.4 Å². The first-order valence-electron chi connectivity index (χ1n) is 11.2. The number of benzene rings is 3. The summed E-state index contributed by atoms with van der Waals surface area (Å²) < 4.78 is 18.0. The molecule has 0 aliphatic heterocycles. The highest BCUT2D eigenvalue weighted by molar-refractivity contribution is 6.05. The maximum Gasteiger partial charge on any atom is 0.347 e. The molecule has 0 heterocycles. The first-order chi connectivity index (χ1) is 15.1. The third-order valence-corrected chi connectivity index (χ3v) is 5.30. The molecule has 3 aromatic carbocycles. The zero-order valence-corrected chi connectivity index (χ0v) is 19.0. The Labute approximate surface area is 185 Å². The van der Waals surface area contributed by atoms with E-state index in [0.29, 0.717) is 36.0 Å². The number of fused-ring (bicyclic) bond motifs is 1. The minimum atomic E-state index is -0.440. The van der Waals surface area contributed by atoms with Crippen molar-refractivity contribution in [1.29, 1.82) is 0 Å². The van der Waals surface area contributed by atoms with Crippen LogP contribution in [0, 0.1) is 13.8 Å². The summed E-state index contributed by atoms with van der Waals surface area (Å²) in [5, 5.41) is 1.86. The van der Waals surface area contributed by atoms with Crippen molar-refractivity contribution < 1.29 is 19.0 Å². The van der Waals surface area contributed by atoms with Gasteiger partial charge in [-0.15, -0.1) is 0 Å². The van der Waals surface area contributed by atoms with Gasteiger partial charge in [-0.25, -0.2) is 4.79 Å². The molecule has 4 nitrogen and oxygen atoms in total. The van der Waals surface area contributed by atoms with E-state index in [1.54, 1.807) is 12.1 Å². The number of hydrogen-bond donors (Lipinski definition) is 0. The molecule has 0 spiro atoms. The molecule has 3 rings (SSSR count). The number of aryl methyl sites for hydroxylation is 2.